The Balaban J connectivity index is 2.16. The maximum atomic E-state index is 10.6. The molecule has 4 nitrogen and oxygen atoms in total. The van der Waals surface area contributed by atoms with Gasteiger partial charge in [0.05, 0.1) is 5.88 Å². The van der Waals surface area contributed by atoms with Crippen LogP contribution in [0.5, 0.6) is 5.75 Å². The Morgan fingerprint density at radius 2 is 2.13 bits per heavy atom. The van der Waals surface area contributed by atoms with E-state index in [9.17, 15) is 13.5 Å². The van der Waals surface area contributed by atoms with Crippen LogP contribution in [-0.4, -0.2) is 30.8 Å². The minimum absolute atomic E-state index is 0.121. The van der Waals surface area contributed by atoms with Crippen LogP contribution in [0, 0.1) is 0 Å². The monoisotopic (exact) mass is 227 g/mol. The summed E-state index contributed by atoms with van der Waals surface area (Å²) >= 11 is 0. The van der Waals surface area contributed by atoms with Crippen LogP contribution in [0.4, 0.5) is 0 Å². The third-order valence-corrected chi connectivity index (χ3v) is 3.23. The minimum atomic E-state index is -2.34. The molecule has 0 fully saturated rings. The second-order valence-electron chi connectivity index (χ2n) is 3.73. The molecule has 5 heteroatoms. The van der Waals surface area contributed by atoms with E-state index in [2.05, 4.69) is 0 Å². The van der Waals surface area contributed by atoms with Crippen LogP contribution in [0.15, 0.2) is 18.2 Å². The van der Waals surface area contributed by atoms with Gasteiger partial charge in [0, 0.05) is 13.1 Å². The number of thiol groups is 1. The highest BCUT2D eigenvalue weighted by Gasteiger charge is 2.16. The molecular formula is C10H13NO3S. The molecule has 0 spiro atoms. The molecule has 0 bridgehead atoms. The predicted molar refractivity (Wildman–Crippen MR) is 57.4 cm³/mol. The van der Waals surface area contributed by atoms with Crippen molar-refractivity contribution >= 4 is 10.7 Å². The fraction of sp³-hybridized carbons (Fsp3) is 0.400. The van der Waals surface area contributed by atoms with Gasteiger partial charge in [-0.1, -0.05) is 6.07 Å². The van der Waals surface area contributed by atoms with Gasteiger partial charge in [-0.2, -0.15) is 0 Å². The number of hydrogen-bond donors (Lipinski definition) is 2. The maximum Gasteiger partial charge on any atom is 0.153 e. The average Bonchev–Trinajstić information content (AvgIpc) is 2.17. The van der Waals surface area contributed by atoms with Gasteiger partial charge in [0.1, 0.15) is 5.75 Å². The number of fused-ring (bicyclic) bond motifs is 1. The minimum Gasteiger partial charge on any atom is -0.508 e. The van der Waals surface area contributed by atoms with Gasteiger partial charge in [-0.25, -0.2) is 8.42 Å². The molecule has 1 aliphatic rings. The molecule has 15 heavy (non-hydrogen) atoms. The van der Waals surface area contributed by atoms with Crippen molar-refractivity contribution < 1.29 is 13.5 Å². The fourth-order valence-corrected chi connectivity index (χ4v) is 2.45. The lowest BCUT2D eigenvalue weighted by Crippen LogP contribution is -2.31. The first-order valence-corrected chi connectivity index (χ1v) is 6.16. The van der Waals surface area contributed by atoms with E-state index in [0.717, 1.165) is 24.1 Å². The highest BCUT2D eigenvalue weighted by Crippen LogP contribution is 2.22. The summed E-state index contributed by atoms with van der Waals surface area (Å²) in [5, 5.41) is 9.29. The van der Waals surface area contributed by atoms with Crippen molar-refractivity contribution in [3.63, 3.8) is 0 Å². The molecule has 0 aliphatic carbocycles. The largest absolute Gasteiger partial charge is 0.508 e. The van der Waals surface area contributed by atoms with Gasteiger partial charge < -0.3 is 5.11 Å². The molecule has 82 valence electrons. The van der Waals surface area contributed by atoms with Crippen molar-refractivity contribution in [3.05, 3.63) is 29.3 Å². The Kier molecular flexibility index (Phi) is 2.93. The molecule has 0 aromatic heterocycles. The van der Waals surface area contributed by atoms with Crippen LogP contribution in [0.2, 0.25) is 0 Å². The Morgan fingerprint density at radius 1 is 1.33 bits per heavy atom. The Labute approximate surface area is 90.1 Å². The molecule has 0 saturated carbocycles. The molecule has 1 aromatic carbocycles. The third kappa shape index (κ3) is 2.49. The van der Waals surface area contributed by atoms with E-state index in [1.807, 2.05) is 11.0 Å². The molecule has 2 rings (SSSR count). The molecule has 0 saturated heterocycles. The quantitative estimate of drug-likeness (QED) is 0.714. The summed E-state index contributed by atoms with van der Waals surface area (Å²) in [5.74, 6) is 0.396. The van der Waals surface area contributed by atoms with Crippen LogP contribution in [-0.2, 0) is 23.7 Å². The zero-order valence-electron chi connectivity index (χ0n) is 8.22. The zero-order chi connectivity index (χ0) is 10.8. The highest BCUT2D eigenvalue weighted by molar-refractivity contribution is 7.72. The van der Waals surface area contributed by atoms with Crippen molar-refractivity contribution in [2.24, 2.45) is 0 Å². The van der Waals surface area contributed by atoms with Gasteiger partial charge in [-0.15, -0.1) is 0 Å². The summed E-state index contributed by atoms with van der Waals surface area (Å²) in [6, 6.07) is 5.25. The smallest absolute Gasteiger partial charge is 0.153 e. The summed E-state index contributed by atoms with van der Waals surface area (Å²) in [4.78, 5) is 1.89. The topological polar surface area (TPSA) is 57.6 Å². The van der Waals surface area contributed by atoms with Crippen LogP contribution < -0.4 is 0 Å². The fourth-order valence-electron chi connectivity index (χ4n) is 1.88. The van der Waals surface area contributed by atoms with Gasteiger partial charge in [-0.05, 0) is 29.7 Å². The normalized spacial score (nSPS) is 16.6. The lowest BCUT2D eigenvalue weighted by atomic mass is 10.00. The summed E-state index contributed by atoms with van der Waals surface area (Å²) in [6.07, 6.45) is 0.799. The van der Waals surface area contributed by atoms with Gasteiger partial charge >= 0.3 is 0 Å². The SMILES string of the molecule is O=[SH](=O)CN1CCc2cc(O)ccc2C1. The van der Waals surface area contributed by atoms with Crippen LogP contribution in [0.25, 0.3) is 0 Å². The van der Waals surface area contributed by atoms with E-state index in [1.54, 1.807) is 12.1 Å². The number of phenolic OH excluding ortho intramolecular Hbond substituents is 1. The molecule has 1 aliphatic heterocycles. The molecule has 0 radical (unpaired) electrons. The number of hydrogen-bond acceptors (Lipinski definition) is 4. The molecule has 0 atom stereocenters. The summed E-state index contributed by atoms with van der Waals surface area (Å²) in [6.45, 7) is 1.39. The van der Waals surface area contributed by atoms with Gasteiger partial charge in [0.25, 0.3) is 0 Å². The van der Waals surface area contributed by atoms with E-state index in [0.29, 0.717) is 6.54 Å². The first kappa shape index (κ1) is 10.4. The van der Waals surface area contributed by atoms with Gasteiger partial charge in [0.15, 0.2) is 10.7 Å². The predicted octanol–water partition coefficient (Wildman–Crippen LogP) is 0.319. The first-order chi connectivity index (χ1) is 7.15. The molecule has 1 aromatic rings. The van der Waals surface area contributed by atoms with Crippen molar-refractivity contribution in [2.45, 2.75) is 13.0 Å². The van der Waals surface area contributed by atoms with Crippen LogP contribution >= 0.6 is 0 Å². The van der Waals surface area contributed by atoms with E-state index >= 15 is 0 Å². The van der Waals surface area contributed by atoms with Crippen molar-refractivity contribution in [3.8, 4) is 5.75 Å². The van der Waals surface area contributed by atoms with E-state index in [1.165, 1.54) is 0 Å². The molecule has 0 amide bonds. The lowest BCUT2D eigenvalue weighted by Gasteiger charge is -2.26. The molecular weight excluding hydrogens is 214 g/mol. The summed E-state index contributed by atoms with van der Waals surface area (Å²) in [7, 11) is -2.34. The number of rotatable bonds is 2. The van der Waals surface area contributed by atoms with Gasteiger partial charge in [-0.3, -0.25) is 4.90 Å². The highest BCUT2D eigenvalue weighted by atomic mass is 32.2. The van der Waals surface area contributed by atoms with Crippen molar-refractivity contribution in [1.29, 1.82) is 0 Å². The first-order valence-electron chi connectivity index (χ1n) is 4.80. The maximum absolute atomic E-state index is 10.6. The molecule has 1 heterocycles. The van der Waals surface area contributed by atoms with E-state index < -0.39 is 10.7 Å². The van der Waals surface area contributed by atoms with Crippen LogP contribution in [0.1, 0.15) is 11.1 Å². The lowest BCUT2D eigenvalue weighted by molar-refractivity contribution is 0.294. The summed E-state index contributed by atoms with van der Waals surface area (Å²) in [5.41, 5.74) is 2.23. The van der Waals surface area contributed by atoms with E-state index in [-0.39, 0.29) is 11.6 Å². The standard InChI is InChI=1S/C10H13NO3S/c12-10-2-1-9-6-11(7-15(13)14)4-3-8(9)5-10/h1-2,5,12,15H,3-4,6-7H2. The second-order valence-corrected chi connectivity index (χ2v) is 4.68. The Bertz CT molecular complexity index is 434. The average molecular weight is 227 g/mol. The molecule has 1 N–H and O–H groups in total. The number of nitrogens with zero attached hydrogens (tertiary/aromatic N) is 1. The number of benzene rings is 1. The Morgan fingerprint density at radius 3 is 2.87 bits per heavy atom. The van der Waals surface area contributed by atoms with Crippen molar-refractivity contribution in [2.75, 3.05) is 12.4 Å². The third-order valence-electron chi connectivity index (χ3n) is 2.60. The Hall–Kier alpha value is -1.07. The summed E-state index contributed by atoms with van der Waals surface area (Å²) < 4.78 is 21.2. The van der Waals surface area contributed by atoms with Gasteiger partial charge in [0.2, 0.25) is 0 Å². The van der Waals surface area contributed by atoms with Crippen LogP contribution in [0.3, 0.4) is 0 Å². The second kappa shape index (κ2) is 4.20. The number of aromatic hydroxyl groups is 1. The number of phenols is 1. The molecule has 0 unspecified atom stereocenters. The zero-order valence-corrected chi connectivity index (χ0v) is 9.11. The van der Waals surface area contributed by atoms with E-state index in [4.69, 9.17) is 0 Å². The van der Waals surface area contributed by atoms with Crippen molar-refractivity contribution in [1.82, 2.24) is 4.90 Å².